The number of carbonyl (C=O) groups is 2. The summed E-state index contributed by atoms with van der Waals surface area (Å²) in [6.07, 6.45) is 1.11. The van der Waals surface area contributed by atoms with E-state index in [1.165, 1.54) is 29.2 Å². The van der Waals surface area contributed by atoms with Crippen molar-refractivity contribution >= 4 is 39.1 Å². The van der Waals surface area contributed by atoms with Crippen molar-refractivity contribution < 1.29 is 18.0 Å². The van der Waals surface area contributed by atoms with Gasteiger partial charge in [0.05, 0.1) is 10.6 Å². The average molecular weight is 584 g/mol. The predicted octanol–water partition coefficient (Wildman–Crippen LogP) is 5.87. The van der Waals surface area contributed by atoms with E-state index in [0.717, 1.165) is 27.4 Å². The molecule has 3 aromatic carbocycles. The zero-order chi connectivity index (χ0) is 29.4. The van der Waals surface area contributed by atoms with Crippen molar-refractivity contribution in [1.82, 2.24) is 10.2 Å². The number of carbonyl (C=O) groups excluding carboxylic acids is 2. The molecule has 0 spiro atoms. The molecule has 0 saturated heterocycles. The molecular weight excluding hydrogens is 546 g/mol. The third-order valence-corrected chi connectivity index (χ3v) is 9.00. The summed E-state index contributed by atoms with van der Waals surface area (Å²) in [4.78, 5) is 29.0. The minimum atomic E-state index is -4.15. The molecule has 2 atom stereocenters. The lowest BCUT2D eigenvalue weighted by molar-refractivity contribution is -0.140. The zero-order valence-corrected chi connectivity index (χ0v) is 25.3. The van der Waals surface area contributed by atoms with Crippen molar-refractivity contribution in [2.75, 3.05) is 10.8 Å². The number of hydrogen-bond donors (Lipinski definition) is 1. The van der Waals surface area contributed by atoms with E-state index in [0.29, 0.717) is 17.1 Å². The number of hydrogen-bond acceptors (Lipinski definition) is 4. The molecular formula is C31H38ClN3O4S. The molecule has 40 heavy (non-hydrogen) atoms. The van der Waals surface area contributed by atoms with E-state index in [-0.39, 0.29) is 23.4 Å². The molecule has 3 aromatic rings. The van der Waals surface area contributed by atoms with Crippen LogP contribution < -0.4 is 9.62 Å². The van der Waals surface area contributed by atoms with Gasteiger partial charge in [-0.1, -0.05) is 61.8 Å². The number of nitrogens with zero attached hydrogens (tertiary/aromatic N) is 2. The predicted molar refractivity (Wildman–Crippen MR) is 161 cm³/mol. The summed E-state index contributed by atoms with van der Waals surface area (Å²) >= 11 is 6.01. The van der Waals surface area contributed by atoms with Crippen LogP contribution in [0.2, 0.25) is 5.02 Å². The van der Waals surface area contributed by atoms with E-state index in [1.54, 1.807) is 18.2 Å². The molecule has 0 radical (unpaired) electrons. The van der Waals surface area contributed by atoms with E-state index in [4.69, 9.17) is 11.6 Å². The highest BCUT2D eigenvalue weighted by molar-refractivity contribution is 7.92. The third kappa shape index (κ3) is 7.64. The Hall–Kier alpha value is -3.36. The number of rotatable bonds is 12. The van der Waals surface area contributed by atoms with Crippen LogP contribution in [0.1, 0.15) is 50.3 Å². The van der Waals surface area contributed by atoms with Crippen LogP contribution in [0.4, 0.5) is 5.69 Å². The molecule has 0 aromatic heterocycles. The molecule has 1 N–H and O–H groups in total. The lowest BCUT2D eigenvalue weighted by Gasteiger charge is -2.34. The molecule has 0 saturated carbocycles. The van der Waals surface area contributed by atoms with Crippen molar-refractivity contribution in [3.8, 4) is 0 Å². The summed E-state index contributed by atoms with van der Waals surface area (Å²) in [5.74, 6) is -0.741. The third-order valence-electron chi connectivity index (χ3n) is 6.96. The molecule has 0 aliphatic heterocycles. The lowest BCUT2D eigenvalue weighted by atomic mass is 10.1. The zero-order valence-electron chi connectivity index (χ0n) is 23.7. The quantitative estimate of drug-likeness (QED) is 0.289. The SMILES string of the molecule is CC[C@@H](C)NC(=O)[C@H](CC)N(Cc1ccccc1C)C(=O)CN(c1cccc(C)c1)S(=O)(=O)c1ccc(Cl)cc1. The molecule has 214 valence electrons. The van der Waals surface area contributed by atoms with Crippen LogP contribution in [0, 0.1) is 13.8 Å². The number of nitrogens with one attached hydrogen (secondary N) is 1. The first-order valence-corrected chi connectivity index (χ1v) is 15.3. The first kappa shape index (κ1) is 31.2. The van der Waals surface area contributed by atoms with Crippen molar-refractivity contribution in [1.29, 1.82) is 0 Å². The summed E-state index contributed by atoms with van der Waals surface area (Å²) in [5, 5.41) is 3.40. The molecule has 0 fully saturated rings. The van der Waals surface area contributed by atoms with Crippen LogP contribution in [-0.2, 0) is 26.2 Å². The second kappa shape index (κ2) is 13.8. The van der Waals surface area contributed by atoms with Gasteiger partial charge in [-0.05, 0) is 86.7 Å². The van der Waals surface area contributed by atoms with Crippen molar-refractivity contribution in [3.05, 3.63) is 94.5 Å². The number of amides is 2. The Bertz CT molecular complexity index is 1430. The van der Waals surface area contributed by atoms with Crippen LogP contribution in [0.15, 0.2) is 77.7 Å². The summed E-state index contributed by atoms with van der Waals surface area (Å²) < 4.78 is 28.9. The molecule has 0 unspecified atom stereocenters. The molecule has 7 nitrogen and oxygen atoms in total. The van der Waals surface area contributed by atoms with Crippen molar-refractivity contribution in [2.24, 2.45) is 0 Å². The highest BCUT2D eigenvalue weighted by Gasteiger charge is 2.34. The van der Waals surface area contributed by atoms with Gasteiger partial charge in [-0.15, -0.1) is 0 Å². The first-order valence-electron chi connectivity index (χ1n) is 13.5. The Morgan fingerprint density at radius 3 is 2.20 bits per heavy atom. The fourth-order valence-corrected chi connectivity index (χ4v) is 5.91. The van der Waals surface area contributed by atoms with Gasteiger partial charge in [-0.3, -0.25) is 13.9 Å². The monoisotopic (exact) mass is 583 g/mol. The summed E-state index contributed by atoms with van der Waals surface area (Å²) in [5.41, 5.74) is 3.06. The topological polar surface area (TPSA) is 86.8 Å². The van der Waals surface area contributed by atoms with E-state index in [2.05, 4.69) is 5.32 Å². The highest BCUT2D eigenvalue weighted by atomic mass is 35.5. The second-order valence-corrected chi connectivity index (χ2v) is 12.3. The Kier molecular flexibility index (Phi) is 10.8. The van der Waals surface area contributed by atoms with Gasteiger partial charge >= 0.3 is 0 Å². The Labute approximate surface area is 243 Å². The van der Waals surface area contributed by atoms with Gasteiger partial charge in [0, 0.05) is 17.6 Å². The van der Waals surface area contributed by atoms with Gasteiger partial charge < -0.3 is 10.2 Å². The van der Waals surface area contributed by atoms with Gasteiger partial charge in [0.2, 0.25) is 11.8 Å². The normalized spacial score (nSPS) is 12.8. The number of benzene rings is 3. The number of sulfonamides is 1. The van der Waals surface area contributed by atoms with E-state index >= 15 is 0 Å². The van der Waals surface area contributed by atoms with E-state index in [9.17, 15) is 18.0 Å². The number of aryl methyl sites for hydroxylation is 2. The Morgan fingerprint density at radius 2 is 1.60 bits per heavy atom. The van der Waals surface area contributed by atoms with Crippen LogP contribution in [0.25, 0.3) is 0 Å². The Balaban J connectivity index is 2.07. The lowest BCUT2D eigenvalue weighted by Crippen LogP contribution is -2.53. The van der Waals surface area contributed by atoms with Crippen molar-refractivity contribution in [3.63, 3.8) is 0 Å². The van der Waals surface area contributed by atoms with Gasteiger partial charge in [-0.25, -0.2) is 8.42 Å². The minimum Gasteiger partial charge on any atom is -0.352 e. The fourth-order valence-electron chi connectivity index (χ4n) is 4.38. The number of anilines is 1. The standard InChI is InChI=1S/C31H38ClN3O4S/c1-6-24(5)33-31(37)29(7-2)34(20-25-13-9-8-12-23(25)4)30(36)21-35(27-14-10-11-22(3)19-27)40(38,39)28-17-15-26(32)16-18-28/h8-19,24,29H,6-7,20-21H2,1-5H3,(H,33,37)/t24-,29+/m1/s1. The van der Waals surface area contributed by atoms with Crippen molar-refractivity contribution in [2.45, 2.75) is 71.0 Å². The van der Waals surface area contributed by atoms with Crippen LogP contribution in [-0.4, -0.2) is 43.8 Å². The largest absolute Gasteiger partial charge is 0.352 e. The van der Waals surface area contributed by atoms with Crippen LogP contribution >= 0.6 is 11.6 Å². The molecule has 2 amide bonds. The summed E-state index contributed by atoms with van der Waals surface area (Å²) in [7, 11) is -4.15. The maximum absolute atomic E-state index is 14.1. The van der Waals surface area contributed by atoms with Gasteiger partial charge in [-0.2, -0.15) is 0 Å². The molecule has 0 aliphatic carbocycles. The van der Waals surface area contributed by atoms with Gasteiger partial charge in [0.15, 0.2) is 0 Å². The van der Waals surface area contributed by atoms with Gasteiger partial charge in [0.25, 0.3) is 10.0 Å². The first-order chi connectivity index (χ1) is 19.0. The van der Waals surface area contributed by atoms with E-state index in [1.807, 2.05) is 65.0 Å². The second-order valence-electron chi connectivity index (χ2n) is 9.99. The maximum atomic E-state index is 14.1. The van der Waals surface area contributed by atoms with Crippen LogP contribution in [0.5, 0.6) is 0 Å². The smallest absolute Gasteiger partial charge is 0.264 e. The molecule has 0 bridgehead atoms. The molecule has 9 heteroatoms. The maximum Gasteiger partial charge on any atom is 0.264 e. The average Bonchev–Trinajstić information content (AvgIpc) is 2.92. The Morgan fingerprint density at radius 1 is 0.925 bits per heavy atom. The van der Waals surface area contributed by atoms with E-state index < -0.39 is 28.5 Å². The molecule has 0 heterocycles. The fraction of sp³-hybridized carbons (Fsp3) is 0.355. The summed E-state index contributed by atoms with van der Waals surface area (Å²) in [6.45, 7) is 9.23. The minimum absolute atomic E-state index is 0.0122. The van der Waals surface area contributed by atoms with Gasteiger partial charge in [0.1, 0.15) is 12.6 Å². The molecule has 3 rings (SSSR count). The summed E-state index contributed by atoms with van der Waals surface area (Å²) in [6, 6.07) is 19.6. The highest BCUT2D eigenvalue weighted by Crippen LogP contribution is 2.26. The van der Waals surface area contributed by atoms with Crippen LogP contribution in [0.3, 0.4) is 0 Å². The molecule has 0 aliphatic rings. The number of halogens is 1.